The fraction of sp³-hybridized carbons (Fsp3) is 0.462. The lowest BCUT2D eigenvalue weighted by molar-refractivity contribution is 0.595. The first-order chi connectivity index (χ1) is 8.61. The molecule has 0 spiro atoms. The fourth-order valence-electron chi connectivity index (χ4n) is 2.09. The molecule has 0 saturated carbocycles. The van der Waals surface area contributed by atoms with E-state index in [-0.39, 0.29) is 16.7 Å². The molecule has 6 heteroatoms. The smallest absolute Gasteiger partial charge is 0.225 e. The normalized spacial score (nSPS) is 11.9. The van der Waals surface area contributed by atoms with Gasteiger partial charge in [0.25, 0.3) is 0 Å². The average Bonchev–Trinajstić information content (AvgIpc) is 2.24. The van der Waals surface area contributed by atoms with Crippen LogP contribution in [0, 0.1) is 11.3 Å². The summed E-state index contributed by atoms with van der Waals surface area (Å²) < 4.78 is 24.1. The third-order valence-corrected chi connectivity index (χ3v) is 4.69. The number of halogens is 1. The van der Waals surface area contributed by atoms with Crippen molar-refractivity contribution >= 4 is 26.0 Å². The first-order valence-corrected chi connectivity index (χ1v) is 8.24. The Hall–Kier alpha value is -0.900. The van der Waals surface area contributed by atoms with Crippen LogP contribution < -0.4 is 5.14 Å². The van der Waals surface area contributed by atoms with E-state index in [0.29, 0.717) is 15.6 Å². The van der Waals surface area contributed by atoms with Crippen molar-refractivity contribution in [3.63, 3.8) is 0 Å². The van der Waals surface area contributed by atoms with E-state index >= 15 is 0 Å². The number of sulfonamides is 1. The molecule has 0 aliphatic carbocycles. The van der Waals surface area contributed by atoms with Gasteiger partial charge in [-0.3, -0.25) is 0 Å². The Morgan fingerprint density at radius 2 is 1.68 bits per heavy atom. The van der Waals surface area contributed by atoms with E-state index in [2.05, 4.69) is 15.9 Å². The highest BCUT2D eigenvalue weighted by atomic mass is 79.9. The van der Waals surface area contributed by atoms with Gasteiger partial charge in [0.15, 0.2) is 0 Å². The van der Waals surface area contributed by atoms with Crippen molar-refractivity contribution in [3.05, 3.63) is 27.2 Å². The lowest BCUT2D eigenvalue weighted by Gasteiger charge is -2.20. The molecule has 1 aromatic rings. The van der Waals surface area contributed by atoms with E-state index in [1.165, 1.54) is 6.07 Å². The molecule has 0 fully saturated rings. The van der Waals surface area contributed by atoms with Crippen molar-refractivity contribution < 1.29 is 8.42 Å². The maximum atomic E-state index is 11.7. The maximum Gasteiger partial charge on any atom is 0.238 e. The van der Waals surface area contributed by atoms with E-state index in [1.54, 1.807) is 0 Å². The number of nitrogens with zero attached hydrogens (tertiary/aromatic N) is 1. The molecule has 4 nitrogen and oxygen atoms in total. The zero-order valence-electron chi connectivity index (χ0n) is 11.4. The number of benzene rings is 1. The van der Waals surface area contributed by atoms with Gasteiger partial charge >= 0.3 is 0 Å². The van der Waals surface area contributed by atoms with Gasteiger partial charge in [-0.2, -0.15) is 5.26 Å². The van der Waals surface area contributed by atoms with Crippen LogP contribution in [0.15, 0.2) is 15.4 Å². The van der Waals surface area contributed by atoms with Crippen molar-refractivity contribution in [2.45, 2.75) is 44.4 Å². The fourth-order valence-corrected chi connectivity index (χ4v) is 4.49. The summed E-state index contributed by atoms with van der Waals surface area (Å²) in [5.74, 6) is 0.0870. The molecule has 0 aromatic heterocycles. The summed E-state index contributed by atoms with van der Waals surface area (Å²) in [7, 11) is -3.86. The topological polar surface area (TPSA) is 83.9 Å². The third kappa shape index (κ3) is 3.16. The van der Waals surface area contributed by atoms with E-state index in [9.17, 15) is 13.7 Å². The molecule has 0 aliphatic heterocycles. The molecule has 0 saturated heterocycles. The zero-order valence-corrected chi connectivity index (χ0v) is 13.8. The molecule has 0 unspecified atom stereocenters. The Kier molecular flexibility index (Phi) is 4.77. The van der Waals surface area contributed by atoms with Crippen LogP contribution in [0.2, 0.25) is 0 Å². The first-order valence-electron chi connectivity index (χ1n) is 5.90. The van der Waals surface area contributed by atoms with Gasteiger partial charge in [0.2, 0.25) is 10.0 Å². The van der Waals surface area contributed by atoms with Crippen molar-refractivity contribution in [3.8, 4) is 6.07 Å². The molecule has 0 atom stereocenters. The van der Waals surface area contributed by atoms with Gasteiger partial charge in [0.1, 0.15) is 0 Å². The van der Waals surface area contributed by atoms with E-state index in [4.69, 9.17) is 5.14 Å². The third-order valence-electron chi connectivity index (χ3n) is 2.89. The van der Waals surface area contributed by atoms with Crippen molar-refractivity contribution in [2.24, 2.45) is 5.14 Å². The quantitative estimate of drug-likeness (QED) is 0.913. The van der Waals surface area contributed by atoms with E-state index < -0.39 is 10.0 Å². The average molecular weight is 345 g/mol. The van der Waals surface area contributed by atoms with Crippen molar-refractivity contribution in [1.29, 1.82) is 5.26 Å². The molecule has 0 amide bonds. The summed E-state index contributed by atoms with van der Waals surface area (Å²) >= 11 is 3.45. The van der Waals surface area contributed by atoms with Gasteiger partial charge < -0.3 is 0 Å². The number of rotatable bonds is 3. The van der Waals surface area contributed by atoms with Crippen LogP contribution in [0.5, 0.6) is 0 Å². The van der Waals surface area contributed by atoms with Gasteiger partial charge in [-0.25, -0.2) is 13.6 Å². The van der Waals surface area contributed by atoms with Gasteiger partial charge in [0, 0.05) is 4.47 Å². The largest absolute Gasteiger partial charge is 0.238 e. The van der Waals surface area contributed by atoms with Crippen LogP contribution in [0.3, 0.4) is 0 Å². The molecular weight excluding hydrogens is 328 g/mol. The minimum absolute atomic E-state index is 0.0204. The summed E-state index contributed by atoms with van der Waals surface area (Å²) in [5, 5.41) is 14.5. The van der Waals surface area contributed by atoms with Gasteiger partial charge in [-0.1, -0.05) is 43.6 Å². The lowest BCUT2D eigenvalue weighted by Crippen LogP contribution is -2.17. The molecule has 0 bridgehead atoms. The maximum absolute atomic E-state index is 11.7. The van der Waals surface area contributed by atoms with Gasteiger partial charge in [-0.15, -0.1) is 0 Å². The molecule has 0 aliphatic rings. The van der Waals surface area contributed by atoms with Gasteiger partial charge in [-0.05, 0) is 29.0 Å². The van der Waals surface area contributed by atoms with Crippen LogP contribution in [-0.2, 0) is 10.0 Å². The van der Waals surface area contributed by atoms with Crippen molar-refractivity contribution in [1.82, 2.24) is 0 Å². The summed E-state index contributed by atoms with van der Waals surface area (Å²) in [6.45, 7) is 7.71. The number of primary sulfonamides is 1. The predicted molar refractivity (Wildman–Crippen MR) is 78.4 cm³/mol. The molecule has 0 heterocycles. The van der Waals surface area contributed by atoms with Crippen LogP contribution in [0.4, 0.5) is 0 Å². The van der Waals surface area contributed by atoms with Crippen molar-refractivity contribution in [2.75, 3.05) is 0 Å². The monoisotopic (exact) mass is 344 g/mol. The molecule has 104 valence electrons. The highest BCUT2D eigenvalue weighted by Gasteiger charge is 2.25. The Morgan fingerprint density at radius 3 is 2.00 bits per heavy atom. The van der Waals surface area contributed by atoms with Crippen LogP contribution in [0.1, 0.15) is 56.2 Å². The standard InChI is InChI=1S/C13H17BrN2O2S/c1-7(2)11-9(6-15)5-10(19(16,17)18)12(8(3)4)13(11)14/h5,7-8H,1-4H3,(H2,16,17,18). The zero-order chi connectivity index (χ0) is 15.0. The van der Waals surface area contributed by atoms with Crippen LogP contribution in [0.25, 0.3) is 0 Å². The molecule has 1 rings (SSSR count). The number of hydrogen-bond acceptors (Lipinski definition) is 3. The van der Waals surface area contributed by atoms with E-state index in [0.717, 1.165) is 5.56 Å². The lowest BCUT2D eigenvalue weighted by atomic mass is 9.92. The van der Waals surface area contributed by atoms with Gasteiger partial charge in [0.05, 0.1) is 16.5 Å². The highest BCUT2D eigenvalue weighted by Crippen LogP contribution is 2.38. The summed E-state index contributed by atoms with van der Waals surface area (Å²) in [4.78, 5) is 0.0234. The highest BCUT2D eigenvalue weighted by molar-refractivity contribution is 9.10. The summed E-state index contributed by atoms with van der Waals surface area (Å²) in [6.07, 6.45) is 0. The minimum atomic E-state index is -3.86. The summed E-state index contributed by atoms with van der Waals surface area (Å²) in [6, 6.07) is 3.43. The Morgan fingerprint density at radius 1 is 1.21 bits per heavy atom. The SMILES string of the molecule is CC(C)c1c(C#N)cc(S(N)(=O)=O)c(C(C)C)c1Br. The van der Waals surface area contributed by atoms with E-state index in [1.807, 2.05) is 33.8 Å². The molecule has 1 aromatic carbocycles. The predicted octanol–water partition coefficient (Wildman–Crippen LogP) is 3.21. The second-order valence-electron chi connectivity index (χ2n) is 5.03. The number of hydrogen-bond donors (Lipinski definition) is 1. The summed E-state index contributed by atoms with van der Waals surface area (Å²) in [5.41, 5.74) is 1.79. The second kappa shape index (κ2) is 5.61. The number of nitriles is 1. The van der Waals surface area contributed by atoms with Crippen LogP contribution >= 0.6 is 15.9 Å². The minimum Gasteiger partial charge on any atom is -0.225 e. The van der Waals surface area contributed by atoms with Crippen LogP contribution in [-0.4, -0.2) is 8.42 Å². The molecule has 19 heavy (non-hydrogen) atoms. The Bertz CT molecular complexity index is 644. The molecule has 2 N–H and O–H groups in total. The first kappa shape index (κ1) is 16.2. The molecular formula is C13H17BrN2O2S. The Balaban J connectivity index is 3.90. The Labute approximate surface area is 122 Å². The number of nitrogens with two attached hydrogens (primary N) is 1. The second-order valence-corrected chi connectivity index (χ2v) is 7.35. The molecule has 0 radical (unpaired) electrons.